The highest BCUT2D eigenvalue weighted by Gasteiger charge is 2.19. The molecule has 7 heteroatoms. The molecule has 17 heavy (non-hydrogen) atoms. The highest BCUT2D eigenvalue weighted by molar-refractivity contribution is 9.11. The van der Waals surface area contributed by atoms with E-state index in [1.54, 1.807) is 12.1 Å². The van der Waals surface area contributed by atoms with Gasteiger partial charge in [0.1, 0.15) is 4.90 Å². The van der Waals surface area contributed by atoms with Crippen LogP contribution in [-0.4, -0.2) is 8.42 Å². The second-order valence-electron chi connectivity index (χ2n) is 3.37. The number of primary sulfonamides is 1. The van der Waals surface area contributed by atoms with Crippen molar-refractivity contribution in [3.8, 4) is 10.4 Å². The van der Waals surface area contributed by atoms with Gasteiger partial charge in [-0.1, -0.05) is 12.1 Å². The predicted molar refractivity (Wildman–Crippen MR) is 73.2 cm³/mol. The lowest BCUT2D eigenvalue weighted by molar-refractivity contribution is 0.598. The summed E-state index contributed by atoms with van der Waals surface area (Å²) < 4.78 is 24.0. The van der Waals surface area contributed by atoms with Crippen LogP contribution in [0.1, 0.15) is 0 Å². The molecular weight excluding hydrogens is 324 g/mol. The second-order valence-corrected chi connectivity index (χ2v) is 7.33. The zero-order valence-corrected chi connectivity index (χ0v) is 11.8. The molecule has 2 aromatic rings. The Morgan fingerprint density at radius 2 is 1.88 bits per heavy atom. The van der Waals surface area contributed by atoms with Gasteiger partial charge >= 0.3 is 0 Å². The Morgan fingerprint density at radius 3 is 2.41 bits per heavy atom. The summed E-state index contributed by atoms with van der Waals surface area (Å²) in [5.41, 5.74) is 6.38. The average Bonchev–Trinajstić information content (AvgIpc) is 2.62. The Kier molecular flexibility index (Phi) is 3.26. The molecule has 0 spiro atoms. The maximum Gasteiger partial charge on any atom is 0.240 e. The number of anilines is 1. The molecule has 0 radical (unpaired) electrons. The predicted octanol–water partition coefficient (Wildman–Crippen LogP) is 2.41. The van der Waals surface area contributed by atoms with Crippen molar-refractivity contribution in [2.24, 2.45) is 5.14 Å². The van der Waals surface area contributed by atoms with Gasteiger partial charge < -0.3 is 5.73 Å². The molecule has 0 bridgehead atoms. The number of hydrogen-bond donors (Lipinski definition) is 2. The molecule has 0 unspecified atom stereocenters. The first kappa shape index (κ1) is 12.6. The van der Waals surface area contributed by atoms with Crippen LogP contribution < -0.4 is 10.9 Å². The number of thiophene rings is 1. The Labute approximate surface area is 111 Å². The summed E-state index contributed by atoms with van der Waals surface area (Å²) in [7, 11) is -3.84. The molecular formula is C10H9BrN2O2S2. The number of sulfonamides is 1. The number of nitrogen functional groups attached to an aromatic ring is 1. The maximum atomic E-state index is 11.5. The van der Waals surface area contributed by atoms with Crippen LogP contribution in [0, 0.1) is 0 Å². The van der Waals surface area contributed by atoms with Crippen LogP contribution in [0.5, 0.6) is 0 Å². The van der Waals surface area contributed by atoms with Crippen molar-refractivity contribution in [3.05, 3.63) is 34.1 Å². The van der Waals surface area contributed by atoms with Crippen molar-refractivity contribution < 1.29 is 8.42 Å². The molecule has 0 fully saturated rings. The van der Waals surface area contributed by atoms with E-state index in [1.807, 2.05) is 12.1 Å². The van der Waals surface area contributed by atoms with Crippen molar-refractivity contribution in [1.29, 1.82) is 0 Å². The van der Waals surface area contributed by atoms with Crippen molar-refractivity contribution in [2.45, 2.75) is 4.90 Å². The molecule has 1 aromatic heterocycles. The second kappa shape index (κ2) is 4.41. The summed E-state index contributed by atoms with van der Waals surface area (Å²) in [5.74, 6) is 0. The molecule has 4 N–H and O–H groups in total. The number of hydrogen-bond acceptors (Lipinski definition) is 4. The number of nitrogens with two attached hydrogens (primary N) is 2. The first-order chi connectivity index (χ1) is 7.89. The van der Waals surface area contributed by atoms with Gasteiger partial charge in [-0.05, 0) is 34.1 Å². The van der Waals surface area contributed by atoms with Gasteiger partial charge in [0.25, 0.3) is 0 Å². The van der Waals surface area contributed by atoms with E-state index in [9.17, 15) is 8.42 Å². The molecule has 0 saturated carbocycles. The van der Waals surface area contributed by atoms with Gasteiger partial charge in [0.2, 0.25) is 10.0 Å². The highest BCUT2D eigenvalue weighted by atomic mass is 79.9. The molecule has 0 saturated heterocycles. The fourth-order valence-corrected chi connectivity index (χ4v) is 3.89. The molecule has 0 aliphatic heterocycles. The summed E-state index contributed by atoms with van der Waals surface area (Å²) in [6, 6.07) is 8.57. The summed E-state index contributed by atoms with van der Waals surface area (Å²) in [6.07, 6.45) is 0. The van der Waals surface area contributed by atoms with Crippen LogP contribution in [-0.2, 0) is 10.0 Å². The van der Waals surface area contributed by atoms with Crippen molar-refractivity contribution in [1.82, 2.24) is 0 Å². The van der Waals surface area contributed by atoms with E-state index in [2.05, 4.69) is 15.9 Å². The van der Waals surface area contributed by atoms with E-state index in [0.717, 1.165) is 8.66 Å². The third-order valence-electron chi connectivity index (χ3n) is 2.17. The quantitative estimate of drug-likeness (QED) is 0.828. The standard InChI is InChI=1S/C10H9BrN2O2S2/c11-9-5-4-8(16-9)6-2-1-3-7(12)10(6)17(13,14)15/h1-5H,12H2,(H2,13,14,15). The fourth-order valence-electron chi connectivity index (χ4n) is 1.53. The normalized spacial score (nSPS) is 11.6. The Hall–Kier alpha value is -0.890. The Balaban J connectivity index is 2.75. The monoisotopic (exact) mass is 332 g/mol. The van der Waals surface area contributed by atoms with E-state index in [0.29, 0.717) is 5.56 Å². The van der Waals surface area contributed by atoms with E-state index in [1.165, 1.54) is 17.4 Å². The van der Waals surface area contributed by atoms with E-state index in [4.69, 9.17) is 10.9 Å². The maximum absolute atomic E-state index is 11.5. The van der Waals surface area contributed by atoms with Crippen LogP contribution in [0.25, 0.3) is 10.4 Å². The third kappa shape index (κ3) is 2.52. The minimum absolute atomic E-state index is 0.0191. The molecule has 0 aliphatic carbocycles. The highest BCUT2D eigenvalue weighted by Crippen LogP contribution is 2.36. The van der Waals surface area contributed by atoms with Gasteiger partial charge in [-0.25, -0.2) is 13.6 Å². The smallest absolute Gasteiger partial charge is 0.240 e. The van der Waals surface area contributed by atoms with Crippen molar-refractivity contribution >= 4 is 43.0 Å². The van der Waals surface area contributed by atoms with Gasteiger partial charge in [0, 0.05) is 10.4 Å². The number of halogens is 1. The molecule has 4 nitrogen and oxygen atoms in total. The lowest BCUT2D eigenvalue weighted by Gasteiger charge is -2.08. The van der Waals surface area contributed by atoms with Gasteiger partial charge in [-0.3, -0.25) is 0 Å². The molecule has 0 aliphatic rings. The third-order valence-corrected chi connectivity index (χ3v) is 4.85. The molecule has 1 heterocycles. The van der Waals surface area contributed by atoms with Crippen molar-refractivity contribution in [2.75, 3.05) is 5.73 Å². The summed E-state index contributed by atoms with van der Waals surface area (Å²) >= 11 is 4.75. The first-order valence-electron chi connectivity index (χ1n) is 4.56. The van der Waals surface area contributed by atoms with Crippen LogP contribution in [0.15, 0.2) is 39.0 Å². The largest absolute Gasteiger partial charge is 0.398 e. The van der Waals surface area contributed by atoms with Gasteiger partial charge in [-0.2, -0.15) is 0 Å². The van der Waals surface area contributed by atoms with Gasteiger partial charge in [0.05, 0.1) is 9.47 Å². The molecule has 2 rings (SSSR count). The van der Waals surface area contributed by atoms with E-state index < -0.39 is 10.0 Å². The lowest BCUT2D eigenvalue weighted by Crippen LogP contribution is -2.15. The molecule has 90 valence electrons. The topological polar surface area (TPSA) is 86.2 Å². The van der Waals surface area contributed by atoms with Crippen LogP contribution in [0.2, 0.25) is 0 Å². The van der Waals surface area contributed by atoms with Crippen molar-refractivity contribution in [3.63, 3.8) is 0 Å². The Bertz CT molecular complexity index is 665. The first-order valence-corrected chi connectivity index (χ1v) is 7.72. The van der Waals surface area contributed by atoms with Crippen LogP contribution >= 0.6 is 27.3 Å². The SMILES string of the molecule is Nc1cccc(-c2ccc(Br)s2)c1S(N)(=O)=O. The zero-order valence-electron chi connectivity index (χ0n) is 8.55. The number of rotatable bonds is 2. The minimum Gasteiger partial charge on any atom is -0.398 e. The number of benzene rings is 1. The zero-order chi connectivity index (χ0) is 12.6. The Morgan fingerprint density at radius 1 is 1.18 bits per heavy atom. The molecule has 0 amide bonds. The van der Waals surface area contributed by atoms with E-state index >= 15 is 0 Å². The molecule has 0 atom stereocenters. The lowest BCUT2D eigenvalue weighted by atomic mass is 10.1. The summed E-state index contributed by atoms with van der Waals surface area (Å²) in [6.45, 7) is 0. The van der Waals surface area contributed by atoms with Gasteiger partial charge in [-0.15, -0.1) is 11.3 Å². The average molecular weight is 333 g/mol. The molecule has 1 aromatic carbocycles. The van der Waals surface area contributed by atoms with E-state index in [-0.39, 0.29) is 10.6 Å². The minimum atomic E-state index is -3.84. The van der Waals surface area contributed by atoms with Crippen LogP contribution in [0.4, 0.5) is 5.69 Å². The summed E-state index contributed by atoms with van der Waals surface area (Å²) in [4.78, 5) is 0.780. The van der Waals surface area contributed by atoms with Crippen LogP contribution in [0.3, 0.4) is 0 Å². The van der Waals surface area contributed by atoms with Gasteiger partial charge in [0.15, 0.2) is 0 Å². The summed E-state index contributed by atoms with van der Waals surface area (Å²) in [5, 5.41) is 5.19. The fraction of sp³-hybridized carbons (Fsp3) is 0.